The molecule has 0 aliphatic heterocycles. The molecule has 0 fully saturated rings. The van der Waals surface area contributed by atoms with Gasteiger partial charge in [0.15, 0.2) is 0 Å². The Balaban J connectivity index is 1.99. The van der Waals surface area contributed by atoms with Gasteiger partial charge in [-0.1, -0.05) is 41.1 Å². The Morgan fingerprint density at radius 2 is 2.06 bits per heavy atom. The first kappa shape index (κ1) is 13.1. The van der Waals surface area contributed by atoms with Crippen LogP contribution in [-0.2, 0) is 6.54 Å². The zero-order chi connectivity index (χ0) is 12.3. The number of hydrogen-bond acceptors (Lipinski definition) is 2. The Morgan fingerprint density at radius 3 is 2.82 bits per heavy atom. The van der Waals surface area contributed by atoms with Crippen LogP contribution in [0, 0.1) is 0 Å². The van der Waals surface area contributed by atoms with Gasteiger partial charge in [-0.3, -0.25) is 0 Å². The maximum Gasteiger partial charge on any atom is 0.0346 e. The van der Waals surface area contributed by atoms with E-state index < -0.39 is 0 Å². The van der Waals surface area contributed by atoms with Crippen LogP contribution in [0.1, 0.15) is 25.8 Å². The number of benzene rings is 1. The summed E-state index contributed by atoms with van der Waals surface area (Å²) in [5, 5.41) is 7.24. The average Bonchev–Trinajstić information content (AvgIpc) is 2.69. The molecule has 3 heteroatoms. The van der Waals surface area contributed by atoms with Crippen LogP contribution in [0.2, 0.25) is 0 Å². The molecule has 1 nitrogen and oxygen atoms in total. The van der Waals surface area contributed by atoms with E-state index in [9.17, 15) is 0 Å². The first-order valence-corrected chi connectivity index (χ1v) is 7.79. The molecule has 2 atom stereocenters. The molecule has 2 unspecified atom stereocenters. The lowest BCUT2D eigenvalue weighted by molar-refractivity contribution is 0.517. The SMILES string of the molecule is CC(Br)CC(C)NCc1csc2ccccc12. The van der Waals surface area contributed by atoms with Crippen molar-refractivity contribution in [2.75, 3.05) is 0 Å². The quantitative estimate of drug-likeness (QED) is 0.799. The van der Waals surface area contributed by atoms with Gasteiger partial charge in [0.05, 0.1) is 0 Å². The summed E-state index contributed by atoms with van der Waals surface area (Å²) in [6.45, 7) is 5.40. The van der Waals surface area contributed by atoms with E-state index in [-0.39, 0.29) is 0 Å². The number of thiophene rings is 1. The van der Waals surface area contributed by atoms with Crippen molar-refractivity contribution in [2.24, 2.45) is 0 Å². The molecule has 1 aromatic heterocycles. The van der Waals surface area contributed by atoms with Gasteiger partial charge in [-0.15, -0.1) is 11.3 Å². The predicted octanol–water partition coefficient (Wildman–Crippen LogP) is 4.55. The molecule has 0 saturated carbocycles. The van der Waals surface area contributed by atoms with E-state index in [1.54, 1.807) is 0 Å². The fraction of sp³-hybridized carbons (Fsp3) is 0.429. The molecular weight excluding hydrogens is 294 g/mol. The van der Waals surface area contributed by atoms with Crippen molar-refractivity contribution in [2.45, 2.75) is 37.7 Å². The molecule has 2 aromatic rings. The van der Waals surface area contributed by atoms with Gasteiger partial charge in [-0.2, -0.15) is 0 Å². The van der Waals surface area contributed by atoms with E-state index >= 15 is 0 Å². The molecule has 0 spiro atoms. The second-order valence-electron chi connectivity index (χ2n) is 4.56. The summed E-state index contributed by atoms with van der Waals surface area (Å²) >= 11 is 5.43. The van der Waals surface area contributed by atoms with Crippen LogP contribution in [0.5, 0.6) is 0 Å². The van der Waals surface area contributed by atoms with Crippen LogP contribution in [-0.4, -0.2) is 10.9 Å². The molecule has 17 heavy (non-hydrogen) atoms. The van der Waals surface area contributed by atoms with Gasteiger partial charge in [0.1, 0.15) is 0 Å². The number of hydrogen-bond donors (Lipinski definition) is 1. The van der Waals surface area contributed by atoms with Crippen molar-refractivity contribution in [3.63, 3.8) is 0 Å². The Hall–Kier alpha value is -0.380. The lowest BCUT2D eigenvalue weighted by Gasteiger charge is -2.14. The number of rotatable bonds is 5. The third-order valence-electron chi connectivity index (χ3n) is 2.88. The largest absolute Gasteiger partial charge is 0.310 e. The molecule has 0 radical (unpaired) electrons. The highest BCUT2D eigenvalue weighted by Crippen LogP contribution is 2.25. The minimum atomic E-state index is 0.544. The Labute approximate surface area is 115 Å². The minimum absolute atomic E-state index is 0.544. The Bertz CT molecular complexity index is 478. The van der Waals surface area contributed by atoms with Crippen molar-refractivity contribution in [3.8, 4) is 0 Å². The normalized spacial score (nSPS) is 15.0. The Morgan fingerprint density at radius 1 is 1.29 bits per heavy atom. The third-order valence-corrected chi connectivity index (χ3v) is 4.27. The summed E-state index contributed by atoms with van der Waals surface area (Å²) < 4.78 is 1.38. The van der Waals surface area contributed by atoms with Crippen LogP contribution >= 0.6 is 27.3 Å². The lowest BCUT2D eigenvalue weighted by Crippen LogP contribution is -2.27. The van der Waals surface area contributed by atoms with Crippen LogP contribution in [0.25, 0.3) is 10.1 Å². The summed E-state index contributed by atoms with van der Waals surface area (Å²) in [6, 6.07) is 9.16. The van der Waals surface area contributed by atoms with Crippen LogP contribution < -0.4 is 5.32 Å². The van der Waals surface area contributed by atoms with E-state index in [0.717, 1.165) is 13.0 Å². The first-order chi connectivity index (χ1) is 8.16. The van der Waals surface area contributed by atoms with Gasteiger partial charge in [-0.05, 0) is 35.7 Å². The van der Waals surface area contributed by atoms with E-state index in [2.05, 4.69) is 64.7 Å². The van der Waals surface area contributed by atoms with Gasteiger partial charge in [-0.25, -0.2) is 0 Å². The molecule has 1 N–H and O–H groups in total. The summed E-state index contributed by atoms with van der Waals surface area (Å²) in [6.07, 6.45) is 1.15. The average molecular weight is 312 g/mol. The number of halogens is 1. The van der Waals surface area contributed by atoms with Gasteiger partial charge in [0.2, 0.25) is 0 Å². The molecule has 0 aliphatic rings. The maximum atomic E-state index is 3.60. The minimum Gasteiger partial charge on any atom is -0.310 e. The molecular formula is C14H18BrNS. The zero-order valence-corrected chi connectivity index (χ0v) is 12.6. The van der Waals surface area contributed by atoms with Crippen molar-refractivity contribution in [1.82, 2.24) is 5.32 Å². The summed E-state index contributed by atoms with van der Waals surface area (Å²) in [5.74, 6) is 0. The van der Waals surface area contributed by atoms with Crippen molar-refractivity contribution < 1.29 is 0 Å². The standard InChI is InChI=1S/C14H18BrNS/c1-10(15)7-11(2)16-8-12-9-17-14-6-4-3-5-13(12)14/h3-6,9-11,16H,7-8H2,1-2H3. The highest BCUT2D eigenvalue weighted by atomic mass is 79.9. The molecule has 92 valence electrons. The summed E-state index contributed by atoms with van der Waals surface area (Å²) in [5.41, 5.74) is 1.42. The second-order valence-corrected chi connectivity index (χ2v) is 7.03. The van der Waals surface area contributed by atoms with E-state index in [1.807, 2.05) is 11.3 Å². The van der Waals surface area contributed by atoms with Crippen molar-refractivity contribution in [3.05, 3.63) is 35.2 Å². The van der Waals surface area contributed by atoms with Gasteiger partial charge in [0, 0.05) is 22.1 Å². The third kappa shape index (κ3) is 3.54. The second kappa shape index (κ2) is 5.98. The molecule has 1 heterocycles. The smallest absolute Gasteiger partial charge is 0.0346 e. The molecule has 2 rings (SSSR count). The van der Waals surface area contributed by atoms with Crippen molar-refractivity contribution >= 4 is 37.4 Å². The van der Waals surface area contributed by atoms with Crippen LogP contribution in [0.15, 0.2) is 29.6 Å². The van der Waals surface area contributed by atoms with E-state index in [4.69, 9.17) is 0 Å². The predicted molar refractivity (Wildman–Crippen MR) is 81.1 cm³/mol. The summed E-state index contributed by atoms with van der Waals surface area (Å²) in [4.78, 5) is 0.573. The fourth-order valence-corrected chi connectivity index (χ4v) is 3.55. The topological polar surface area (TPSA) is 12.0 Å². The van der Waals surface area contributed by atoms with Crippen LogP contribution in [0.3, 0.4) is 0 Å². The monoisotopic (exact) mass is 311 g/mol. The molecule has 0 bridgehead atoms. The number of alkyl halides is 1. The maximum absolute atomic E-state index is 3.60. The lowest BCUT2D eigenvalue weighted by atomic mass is 10.1. The van der Waals surface area contributed by atoms with Gasteiger partial charge < -0.3 is 5.32 Å². The fourth-order valence-electron chi connectivity index (χ4n) is 2.02. The van der Waals surface area contributed by atoms with Crippen LogP contribution in [0.4, 0.5) is 0 Å². The molecule has 0 saturated heterocycles. The summed E-state index contributed by atoms with van der Waals surface area (Å²) in [7, 11) is 0. The number of fused-ring (bicyclic) bond motifs is 1. The highest BCUT2D eigenvalue weighted by molar-refractivity contribution is 9.09. The van der Waals surface area contributed by atoms with Gasteiger partial charge >= 0.3 is 0 Å². The number of nitrogens with one attached hydrogen (secondary N) is 1. The van der Waals surface area contributed by atoms with E-state index in [0.29, 0.717) is 10.9 Å². The Kier molecular flexibility index (Phi) is 4.60. The molecule has 0 aliphatic carbocycles. The van der Waals surface area contributed by atoms with Gasteiger partial charge in [0.25, 0.3) is 0 Å². The molecule has 1 aromatic carbocycles. The molecule has 0 amide bonds. The zero-order valence-electron chi connectivity index (χ0n) is 10.2. The first-order valence-electron chi connectivity index (χ1n) is 5.99. The van der Waals surface area contributed by atoms with Crippen molar-refractivity contribution in [1.29, 1.82) is 0 Å². The van der Waals surface area contributed by atoms with E-state index in [1.165, 1.54) is 15.6 Å². The highest BCUT2D eigenvalue weighted by Gasteiger charge is 2.07.